The molecule has 0 aromatic heterocycles. The van der Waals surface area contributed by atoms with Crippen molar-refractivity contribution in [2.75, 3.05) is 36.5 Å². The van der Waals surface area contributed by atoms with Crippen molar-refractivity contribution in [1.82, 2.24) is 0 Å². The maximum absolute atomic E-state index is 12.5. The second kappa shape index (κ2) is 8.72. The minimum absolute atomic E-state index is 0.0356. The molecule has 27 heavy (non-hydrogen) atoms. The van der Waals surface area contributed by atoms with Crippen LogP contribution in [0.5, 0.6) is 0 Å². The van der Waals surface area contributed by atoms with Gasteiger partial charge in [0, 0.05) is 29.5 Å². The average Bonchev–Trinajstić information content (AvgIpc) is 2.70. The standard InChI is InChI=1S/C21H20ClN3O2/c1-15-2-5-18(22)13-20(15)24-21(26)17(14-23)12-16-3-6-19(7-4-16)25-8-10-27-11-9-25/h2-7,12-13H,8-11H2,1H3,(H,24,26)/b17-12-. The van der Waals surface area contributed by atoms with E-state index in [-0.39, 0.29) is 5.57 Å². The molecule has 1 amide bonds. The van der Waals surface area contributed by atoms with Crippen LogP contribution in [-0.2, 0) is 9.53 Å². The minimum Gasteiger partial charge on any atom is -0.378 e. The Labute approximate surface area is 163 Å². The molecule has 3 rings (SSSR count). The number of anilines is 2. The predicted molar refractivity (Wildman–Crippen MR) is 108 cm³/mol. The monoisotopic (exact) mass is 381 g/mol. The van der Waals surface area contributed by atoms with Gasteiger partial charge in [-0.05, 0) is 48.4 Å². The highest BCUT2D eigenvalue weighted by molar-refractivity contribution is 6.31. The number of hydrogen-bond donors (Lipinski definition) is 1. The first-order valence-corrected chi connectivity index (χ1v) is 9.06. The Kier molecular flexibility index (Phi) is 6.12. The number of morpholine rings is 1. The molecule has 0 spiro atoms. The zero-order valence-corrected chi connectivity index (χ0v) is 15.8. The maximum Gasteiger partial charge on any atom is 0.266 e. The second-order valence-corrected chi connectivity index (χ2v) is 6.71. The van der Waals surface area contributed by atoms with Crippen molar-refractivity contribution < 1.29 is 9.53 Å². The summed E-state index contributed by atoms with van der Waals surface area (Å²) < 4.78 is 5.36. The summed E-state index contributed by atoms with van der Waals surface area (Å²) in [5.41, 5.74) is 3.40. The Bertz CT molecular complexity index is 895. The molecular weight excluding hydrogens is 362 g/mol. The van der Waals surface area contributed by atoms with Crippen molar-refractivity contribution in [3.05, 3.63) is 64.2 Å². The van der Waals surface area contributed by atoms with E-state index in [9.17, 15) is 10.1 Å². The molecule has 1 N–H and O–H groups in total. The number of ether oxygens (including phenoxy) is 1. The van der Waals surface area contributed by atoms with Gasteiger partial charge in [-0.15, -0.1) is 0 Å². The largest absolute Gasteiger partial charge is 0.378 e. The van der Waals surface area contributed by atoms with Gasteiger partial charge in [-0.1, -0.05) is 29.8 Å². The second-order valence-electron chi connectivity index (χ2n) is 6.27. The maximum atomic E-state index is 12.5. The van der Waals surface area contributed by atoms with E-state index in [2.05, 4.69) is 10.2 Å². The molecule has 0 atom stereocenters. The predicted octanol–water partition coefficient (Wildman–Crippen LogP) is 4.03. The summed E-state index contributed by atoms with van der Waals surface area (Å²) in [7, 11) is 0. The summed E-state index contributed by atoms with van der Waals surface area (Å²) >= 11 is 5.98. The lowest BCUT2D eigenvalue weighted by molar-refractivity contribution is -0.112. The van der Waals surface area contributed by atoms with Gasteiger partial charge in [0.2, 0.25) is 0 Å². The molecule has 0 radical (unpaired) electrons. The Balaban J connectivity index is 1.74. The van der Waals surface area contributed by atoms with Crippen LogP contribution in [0.25, 0.3) is 6.08 Å². The first-order chi connectivity index (χ1) is 13.1. The third-order valence-electron chi connectivity index (χ3n) is 4.39. The molecular formula is C21H20ClN3O2. The fourth-order valence-electron chi connectivity index (χ4n) is 2.84. The van der Waals surface area contributed by atoms with Gasteiger partial charge < -0.3 is 15.0 Å². The van der Waals surface area contributed by atoms with Crippen molar-refractivity contribution in [3.63, 3.8) is 0 Å². The molecule has 2 aromatic rings. The highest BCUT2D eigenvalue weighted by Crippen LogP contribution is 2.22. The van der Waals surface area contributed by atoms with E-state index in [4.69, 9.17) is 16.3 Å². The third-order valence-corrected chi connectivity index (χ3v) is 4.63. The molecule has 1 fully saturated rings. The van der Waals surface area contributed by atoms with Crippen LogP contribution in [0.4, 0.5) is 11.4 Å². The Hall–Kier alpha value is -2.81. The number of carbonyl (C=O) groups is 1. The summed E-state index contributed by atoms with van der Waals surface area (Å²) in [5.74, 6) is -0.458. The third kappa shape index (κ3) is 4.88. The Morgan fingerprint density at radius 1 is 1.22 bits per heavy atom. The first-order valence-electron chi connectivity index (χ1n) is 8.69. The van der Waals surface area contributed by atoms with Gasteiger partial charge in [0.15, 0.2) is 0 Å². The van der Waals surface area contributed by atoms with Gasteiger partial charge in [0.1, 0.15) is 11.6 Å². The fourth-order valence-corrected chi connectivity index (χ4v) is 3.01. The summed E-state index contributed by atoms with van der Waals surface area (Å²) in [6, 6.07) is 15.0. The number of aryl methyl sites for hydroxylation is 1. The summed E-state index contributed by atoms with van der Waals surface area (Å²) in [5, 5.41) is 12.7. The molecule has 1 heterocycles. The summed E-state index contributed by atoms with van der Waals surface area (Å²) in [6.07, 6.45) is 1.58. The van der Waals surface area contributed by atoms with Gasteiger partial charge in [0.05, 0.1) is 13.2 Å². The van der Waals surface area contributed by atoms with Crippen LogP contribution < -0.4 is 10.2 Å². The number of halogens is 1. The number of carbonyl (C=O) groups excluding carboxylic acids is 1. The molecule has 0 bridgehead atoms. The Morgan fingerprint density at radius 2 is 1.93 bits per heavy atom. The molecule has 0 saturated carbocycles. The van der Waals surface area contributed by atoms with Crippen LogP contribution in [0, 0.1) is 18.3 Å². The van der Waals surface area contributed by atoms with E-state index in [1.807, 2.05) is 43.3 Å². The molecule has 0 aliphatic carbocycles. The fraction of sp³-hybridized carbons (Fsp3) is 0.238. The number of rotatable bonds is 4. The SMILES string of the molecule is Cc1ccc(Cl)cc1NC(=O)/C(C#N)=C\c1ccc(N2CCOCC2)cc1. The van der Waals surface area contributed by atoms with Gasteiger partial charge in [0.25, 0.3) is 5.91 Å². The van der Waals surface area contributed by atoms with E-state index in [1.165, 1.54) is 0 Å². The number of hydrogen-bond acceptors (Lipinski definition) is 4. The number of amides is 1. The van der Waals surface area contributed by atoms with Crippen LogP contribution >= 0.6 is 11.6 Å². The van der Waals surface area contributed by atoms with Crippen LogP contribution in [0.1, 0.15) is 11.1 Å². The number of nitrogens with one attached hydrogen (secondary N) is 1. The van der Waals surface area contributed by atoms with Gasteiger partial charge in [-0.25, -0.2) is 0 Å². The molecule has 0 unspecified atom stereocenters. The highest BCUT2D eigenvalue weighted by atomic mass is 35.5. The number of benzene rings is 2. The lowest BCUT2D eigenvalue weighted by Gasteiger charge is -2.28. The summed E-state index contributed by atoms with van der Waals surface area (Å²) in [4.78, 5) is 14.7. The Morgan fingerprint density at radius 3 is 2.59 bits per heavy atom. The van der Waals surface area contributed by atoms with Gasteiger partial charge in [-0.3, -0.25) is 4.79 Å². The van der Waals surface area contributed by atoms with Gasteiger partial charge >= 0.3 is 0 Å². The molecule has 138 valence electrons. The smallest absolute Gasteiger partial charge is 0.266 e. The van der Waals surface area contributed by atoms with E-state index < -0.39 is 5.91 Å². The number of nitrogens with zero attached hydrogens (tertiary/aromatic N) is 2. The van der Waals surface area contributed by atoms with E-state index >= 15 is 0 Å². The molecule has 1 aliphatic heterocycles. The van der Waals surface area contributed by atoms with Crippen molar-refractivity contribution in [2.24, 2.45) is 0 Å². The average molecular weight is 382 g/mol. The van der Waals surface area contributed by atoms with Gasteiger partial charge in [-0.2, -0.15) is 5.26 Å². The molecule has 5 nitrogen and oxygen atoms in total. The highest BCUT2D eigenvalue weighted by Gasteiger charge is 2.13. The van der Waals surface area contributed by atoms with E-state index in [0.29, 0.717) is 10.7 Å². The van der Waals surface area contributed by atoms with Crippen LogP contribution in [0.3, 0.4) is 0 Å². The van der Waals surface area contributed by atoms with E-state index in [1.54, 1.807) is 18.2 Å². The van der Waals surface area contributed by atoms with E-state index in [0.717, 1.165) is 43.1 Å². The normalized spacial score (nSPS) is 14.6. The van der Waals surface area contributed by atoms with Crippen molar-refractivity contribution in [3.8, 4) is 6.07 Å². The molecule has 6 heteroatoms. The van der Waals surface area contributed by atoms with Crippen LogP contribution in [0.2, 0.25) is 5.02 Å². The van der Waals surface area contributed by atoms with Crippen molar-refractivity contribution in [2.45, 2.75) is 6.92 Å². The lowest BCUT2D eigenvalue weighted by atomic mass is 10.1. The molecule has 1 aliphatic rings. The number of nitriles is 1. The minimum atomic E-state index is -0.458. The quantitative estimate of drug-likeness (QED) is 0.641. The topological polar surface area (TPSA) is 65.4 Å². The summed E-state index contributed by atoms with van der Waals surface area (Å²) in [6.45, 7) is 5.04. The lowest BCUT2D eigenvalue weighted by Crippen LogP contribution is -2.36. The zero-order chi connectivity index (χ0) is 19.2. The molecule has 2 aromatic carbocycles. The van der Waals surface area contributed by atoms with Crippen molar-refractivity contribution >= 4 is 35.0 Å². The molecule has 1 saturated heterocycles. The zero-order valence-electron chi connectivity index (χ0n) is 15.0. The first kappa shape index (κ1) is 19.0. The van der Waals surface area contributed by atoms with Crippen LogP contribution in [0.15, 0.2) is 48.0 Å². The van der Waals surface area contributed by atoms with Crippen molar-refractivity contribution in [1.29, 1.82) is 5.26 Å². The van der Waals surface area contributed by atoms with Crippen LogP contribution in [-0.4, -0.2) is 32.2 Å².